The monoisotopic (exact) mass is 322 g/mol. The van der Waals surface area contributed by atoms with Gasteiger partial charge < -0.3 is 10.6 Å². The molecular formula is C15H12Cl2N2O2. The first-order valence-corrected chi connectivity index (χ1v) is 6.85. The number of nitrogens with one attached hydrogen (secondary N) is 2. The molecule has 0 aliphatic heterocycles. The summed E-state index contributed by atoms with van der Waals surface area (Å²) in [7, 11) is 0. The highest BCUT2D eigenvalue weighted by Gasteiger charge is 2.09. The zero-order valence-corrected chi connectivity index (χ0v) is 12.6. The fraction of sp³-hybridized carbons (Fsp3) is 0.0667. The third-order valence-corrected chi connectivity index (χ3v) is 3.21. The lowest BCUT2D eigenvalue weighted by atomic mass is 10.2. The Morgan fingerprint density at radius 3 is 2.24 bits per heavy atom. The molecule has 0 radical (unpaired) electrons. The third kappa shape index (κ3) is 4.21. The van der Waals surface area contributed by atoms with Crippen molar-refractivity contribution in [3.63, 3.8) is 0 Å². The van der Waals surface area contributed by atoms with E-state index in [2.05, 4.69) is 10.6 Å². The number of halogens is 2. The fourth-order valence-corrected chi connectivity index (χ4v) is 2.03. The number of hydrogen-bond donors (Lipinski definition) is 2. The molecule has 0 saturated heterocycles. The van der Waals surface area contributed by atoms with Crippen LogP contribution in [0.4, 0.5) is 11.4 Å². The molecule has 0 bridgehead atoms. The van der Waals surface area contributed by atoms with Crippen LogP contribution in [0.5, 0.6) is 0 Å². The largest absolute Gasteiger partial charge is 0.326 e. The van der Waals surface area contributed by atoms with Crippen molar-refractivity contribution in [1.29, 1.82) is 0 Å². The summed E-state index contributed by atoms with van der Waals surface area (Å²) in [5.74, 6) is -0.480. The van der Waals surface area contributed by atoms with Gasteiger partial charge in [-0.25, -0.2) is 0 Å². The van der Waals surface area contributed by atoms with E-state index in [1.807, 2.05) is 0 Å². The molecule has 0 unspecified atom stereocenters. The molecule has 0 aliphatic rings. The van der Waals surface area contributed by atoms with Crippen molar-refractivity contribution in [2.75, 3.05) is 10.6 Å². The van der Waals surface area contributed by atoms with Crippen LogP contribution in [-0.4, -0.2) is 11.8 Å². The second kappa shape index (κ2) is 6.61. The highest BCUT2D eigenvalue weighted by atomic mass is 35.5. The van der Waals surface area contributed by atoms with E-state index in [4.69, 9.17) is 23.2 Å². The summed E-state index contributed by atoms with van der Waals surface area (Å²) in [5.41, 5.74) is 1.51. The van der Waals surface area contributed by atoms with Crippen LogP contribution in [0, 0.1) is 0 Å². The number of carbonyl (C=O) groups is 2. The van der Waals surface area contributed by atoms with Gasteiger partial charge in [-0.2, -0.15) is 0 Å². The number of carbonyl (C=O) groups excluding carboxylic acids is 2. The molecule has 2 rings (SSSR count). The molecule has 0 fully saturated rings. The molecule has 6 heteroatoms. The Bertz CT molecular complexity index is 685. The van der Waals surface area contributed by atoms with Gasteiger partial charge in [0.2, 0.25) is 5.91 Å². The molecule has 0 heterocycles. The average molecular weight is 323 g/mol. The molecule has 108 valence electrons. The summed E-state index contributed by atoms with van der Waals surface area (Å²) in [5, 5.41) is 6.20. The number of hydrogen-bond acceptors (Lipinski definition) is 2. The maximum absolute atomic E-state index is 12.1. The Hall–Kier alpha value is -2.04. The lowest BCUT2D eigenvalue weighted by Crippen LogP contribution is -2.12. The van der Waals surface area contributed by atoms with E-state index < -0.39 is 0 Å². The molecule has 4 nitrogen and oxygen atoms in total. The Morgan fingerprint density at radius 1 is 0.952 bits per heavy atom. The standard InChI is InChI=1S/C15H12Cl2N2O2/c1-9(20)18-12-5-2-10(3-6-12)15(21)19-14-8-11(16)4-7-13(14)17/h2-8H,1H3,(H,18,20)(H,19,21). The Balaban J connectivity index is 2.13. The van der Waals surface area contributed by atoms with Gasteiger partial charge in [-0.05, 0) is 42.5 Å². The smallest absolute Gasteiger partial charge is 0.255 e. The number of anilines is 2. The lowest BCUT2D eigenvalue weighted by Gasteiger charge is -2.08. The van der Waals surface area contributed by atoms with Crippen LogP contribution in [0.1, 0.15) is 17.3 Å². The summed E-state index contributed by atoms with van der Waals surface area (Å²) in [6.45, 7) is 1.42. The van der Waals surface area contributed by atoms with E-state index in [1.165, 1.54) is 6.92 Å². The van der Waals surface area contributed by atoms with Gasteiger partial charge in [0.25, 0.3) is 5.91 Å². The first-order valence-electron chi connectivity index (χ1n) is 6.10. The Kier molecular flexibility index (Phi) is 4.83. The molecule has 0 saturated carbocycles. The van der Waals surface area contributed by atoms with Gasteiger partial charge in [0.15, 0.2) is 0 Å². The van der Waals surface area contributed by atoms with Crippen molar-refractivity contribution in [2.45, 2.75) is 6.92 Å². The van der Waals surface area contributed by atoms with Crippen molar-refractivity contribution in [3.05, 3.63) is 58.1 Å². The maximum atomic E-state index is 12.1. The second-order valence-corrected chi connectivity index (χ2v) is 5.18. The maximum Gasteiger partial charge on any atom is 0.255 e. The molecule has 2 aromatic rings. The number of amides is 2. The zero-order chi connectivity index (χ0) is 15.4. The molecular weight excluding hydrogens is 311 g/mol. The fourth-order valence-electron chi connectivity index (χ4n) is 1.70. The Labute approximate surface area is 132 Å². The minimum absolute atomic E-state index is 0.169. The van der Waals surface area contributed by atoms with Crippen LogP contribution in [0.15, 0.2) is 42.5 Å². The molecule has 0 atom stereocenters. The number of rotatable bonds is 3. The van der Waals surface area contributed by atoms with Gasteiger partial charge >= 0.3 is 0 Å². The Morgan fingerprint density at radius 2 is 1.62 bits per heavy atom. The molecule has 21 heavy (non-hydrogen) atoms. The van der Waals surface area contributed by atoms with E-state index in [1.54, 1.807) is 42.5 Å². The van der Waals surface area contributed by atoms with Crippen LogP contribution in [0.3, 0.4) is 0 Å². The highest BCUT2D eigenvalue weighted by molar-refractivity contribution is 6.35. The molecule has 2 aromatic carbocycles. The second-order valence-electron chi connectivity index (χ2n) is 4.34. The summed E-state index contributed by atoms with van der Waals surface area (Å²) in [6, 6.07) is 11.3. The quantitative estimate of drug-likeness (QED) is 0.889. The van der Waals surface area contributed by atoms with Crippen molar-refractivity contribution >= 4 is 46.4 Å². The minimum Gasteiger partial charge on any atom is -0.326 e. The van der Waals surface area contributed by atoms with Crippen molar-refractivity contribution in [1.82, 2.24) is 0 Å². The van der Waals surface area contributed by atoms with Gasteiger partial charge in [0.1, 0.15) is 0 Å². The van der Waals surface area contributed by atoms with Crippen molar-refractivity contribution in [3.8, 4) is 0 Å². The lowest BCUT2D eigenvalue weighted by molar-refractivity contribution is -0.114. The van der Waals surface area contributed by atoms with Crippen molar-refractivity contribution in [2.24, 2.45) is 0 Å². The normalized spacial score (nSPS) is 10.0. The molecule has 0 aliphatic carbocycles. The van der Waals surface area contributed by atoms with Crippen LogP contribution >= 0.6 is 23.2 Å². The molecule has 0 spiro atoms. The third-order valence-electron chi connectivity index (χ3n) is 2.64. The SMILES string of the molecule is CC(=O)Nc1ccc(C(=O)Nc2cc(Cl)ccc2Cl)cc1. The highest BCUT2D eigenvalue weighted by Crippen LogP contribution is 2.26. The van der Waals surface area contributed by atoms with Crippen LogP contribution in [0.25, 0.3) is 0 Å². The van der Waals surface area contributed by atoms with Gasteiger partial charge in [-0.15, -0.1) is 0 Å². The first-order chi connectivity index (χ1) is 9.95. The van der Waals surface area contributed by atoms with Crippen molar-refractivity contribution < 1.29 is 9.59 Å². The van der Waals surface area contributed by atoms with Gasteiger partial charge in [0.05, 0.1) is 10.7 Å². The van der Waals surface area contributed by atoms with Crippen LogP contribution in [-0.2, 0) is 4.79 Å². The molecule has 0 aromatic heterocycles. The minimum atomic E-state index is -0.312. The van der Waals surface area contributed by atoms with E-state index in [-0.39, 0.29) is 11.8 Å². The zero-order valence-electron chi connectivity index (χ0n) is 11.1. The van der Waals surface area contributed by atoms with Gasteiger partial charge in [-0.1, -0.05) is 23.2 Å². The van der Waals surface area contributed by atoms with Gasteiger partial charge in [-0.3, -0.25) is 9.59 Å². The molecule has 2 N–H and O–H groups in total. The first kappa shape index (κ1) is 15.4. The predicted octanol–water partition coefficient (Wildman–Crippen LogP) is 4.20. The summed E-state index contributed by atoms with van der Waals surface area (Å²) < 4.78 is 0. The summed E-state index contributed by atoms with van der Waals surface area (Å²) in [6.07, 6.45) is 0. The molecule has 2 amide bonds. The van der Waals surface area contributed by atoms with E-state index in [0.29, 0.717) is 27.0 Å². The van der Waals surface area contributed by atoms with E-state index in [0.717, 1.165) is 0 Å². The van der Waals surface area contributed by atoms with Crippen LogP contribution < -0.4 is 10.6 Å². The summed E-state index contributed by atoms with van der Waals surface area (Å²) in [4.78, 5) is 23.0. The summed E-state index contributed by atoms with van der Waals surface area (Å²) >= 11 is 11.9. The topological polar surface area (TPSA) is 58.2 Å². The average Bonchev–Trinajstić information content (AvgIpc) is 2.43. The number of benzene rings is 2. The van der Waals surface area contributed by atoms with Gasteiger partial charge in [0, 0.05) is 23.2 Å². The predicted molar refractivity (Wildman–Crippen MR) is 85.2 cm³/mol. The van der Waals surface area contributed by atoms with Crippen LogP contribution in [0.2, 0.25) is 10.0 Å². The van der Waals surface area contributed by atoms with E-state index >= 15 is 0 Å². The van der Waals surface area contributed by atoms with E-state index in [9.17, 15) is 9.59 Å².